The van der Waals surface area contributed by atoms with Crippen molar-refractivity contribution in [3.8, 4) is 11.5 Å². The Balaban J connectivity index is 1.74. The zero-order valence-electron chi connectivity index (χ0n) is 20.4. The minimum atomic E-state index is -1.18. The Morgan fingerprint density at radius 2 is 1.82 bits per heavy atom. The molecular formula is C24H31F2N3O4Si. The molecule has 34 heavy (non-hydrogen) atoms. The molecule has 0 fully saturated rings. The highest BCUT2D eigenvalue weighted by atomic mass is 28.3. The molecule has 1 amide bonds. The third kappa shape index (κ3) is 7.01. The maximum Gasteiger partial charge on any atom is 0.412 e. The number of nitrogens with zero attached hydrogens (tertiary/aromatic N) is 2. The number of rotatable bonds is 8. The molecule has 0 aliphatic carbocycles. The molecule has 10 heteroatoms. The number of fused-ring (bicyclic) bond motifs is 1. The van der Waals surface area contributed by atoms with Gasteiger partial charge in [-0.05, 0) is 38.9 Å². The van der Waals surface area contributed by atoms with Crippen molar-refractivity contribution in [1.29, 1.82) is 0 Å². The molecule has 0 bridgehead atoms. The highest BCUT2D eigenvalue weighted by Crippen LogP contribution is 2.32. The molecule has 0 aliphatic rings. The van der Waals surface area contributed by atoms with E-state index in [1.54, 1.807) is 33.0 Å². The second kappa shape index (κ2) is 10.1. The number of amides is 1. The molecule has 2 aromatic heterocycles. The Hall–Kier alpha value is -2.98. The second-order valence-corrected chi connectivity index (χ2v) is 15.8. The van der Waals surface area contributed by atoms with Crippen LogP contribution in [0.25, 0.3) is 11.0 Å². The Bertz CT molecular complexity index is 1150. The van der Waals surface area contributed by atoms with Gasteiger partial charge in [0.25, 0.3) is 0 Å². The van der Waals surface area contributed by atoms with Crippen LogP contribution in [0.15, 0.2) is 36.7 Å². The van der Waals surface area contributed by atoms with Gasteiger partial charge in [-0.25, -0.2) is 18.6 Å². The summed E-state index contributed by atoms with van der Waals surface area (Å²) in [5, 5.41) is 2.78. The number of carbonyl (C=O) groups is 1. The normalized spacial score (nSPS) is 12.1. The van der Waals surface area contributed by atoms with Gasteiger partial charge in [0.1, 0.15) is 35.2 Å². The Kier molecular flexibility index (Phi) is 7.62. The summed E-state index contributed by atoms with van der Waals surface area (Å²) in [5.41, 5.74) is -0.777. The minimum Gasteiger partial charge on any atom is -0.456 e. The predicted octanol–water partition coefficient (Wildman–Crippen LogP) is 6.77. The van der Waals surface area contributed by atoms with E-state index in [9.17, 15) is 13.6 Å². The minimum absolute atomic E-state index is 0.0589. The van der Waals surface area contributed by atoms with Crippen molar-refractivity contribution in [1.82, 2.24) is 9.55 Å². The first-order valence-corrected chi connectivity index (χ1v) is 14.7. The van der Waals surface area contributed by atoms with Crippen molar-refractivity contribution in [2.75, 3.05) is 11.9 Å². The molecule has 3 aromatic rings. The van der Waals surface area contributed by atoms with Gasteiger partial charge in [-0.2, -0.15) is 0 Å². The SMILES string of the molecule is CC(C)(C)OC(=O)Nc1c(F)cc(Oc2ccnc3c2ccn3COCC[Si](C)(C)C)cc1F. The van der Waals surface area contributed by atoms with Gasteiger partial charge in [-0.15, -0.1) is 0 Å². The number of nitrogens with one attached hydrogen (secondary N) is 1. The van der Waals surface area contributed by atoms with Crippen molar-refractivity contribution in [3.63, 3.8) is 0 Å². The number of ether oxygens (including phenoxy) is 3. The molecule has 3 rings (SSSR count). The van der Waals surface area contributed by atoms with Gasteiger partial charge in [0, 0.05) is 39.2 Å². The lowest BCUT2D eigenvalue weighted by atomic mass is 10.2. The van der Waals surface area contributed by atoms with Gasteiger partial charge in [0.15, 0.2) is 11.6 Å². The van der Waals surface area contributed by atoms with Crippen LogP contribution >= 0.6 is 0 Å². The van der Waals surface area contributed by atoms with Gasteiger partial charge in [0.2, 0.25) is 0 Å². The van der Waals surface area contributed by atoms with Crippen molar-refractivity contribution < 1.29 is 27.8 Å². The van der Waals surface area contributed by atoms with Crippen molar-refractivity contribution in [2.24, 2.45) is 0 Å². The fourth-order valence-corrected chi connectivity index (χ4v) is 3.82. The fraction of sp³-hybridized carbons (Fsp3) is 0.417. The number of anilines is 1. The Morgan fingerprint density at radius 1 is 1.15 bits per heavy atom. The molecule has 0 radical (unpaired) electrons. The van der Waals surface area contributed by atoms with Gasteiger partial charge < -0.3 is 18.8 Å². The third-order valence-corrected chi connectivity index (χ3v) is 6.42. The van der Waals surface area contributed by atoms with Crippen LogP contribution in [0.1, 0.15) is 20.8 Å². The lowest BCUT2D eigenvalue weighted by molar-refractivity contribution is 0.0634. The summed E-state index contributed by atoms with van der Waals surface area (Å²) in [6.07, 6.45) is 2.43. The van der Waals surface area contributed by atoms with Gasteiger partial charge in [-0.1, -0.05) is 19.6 Å². The van der Waals surface area contributed by atoms with E-state index in [4.69, 9.17) is 14.2 Å². The lowest BCUT2D eigenvalue weighted by Gasteiger charge is -2.20. The van der Waals surface area contributed by atoms with E-state index in [2.05, 4.69) is 29.9 Å². The quantitative estimate of drug-likeness (QED) is 0.278. The summed E-state index contributed by atoms with van der Waals surface area (Å²) in [6, 6.07) is 6.48. The first kappa shape index (κ1) is 25.6. The van der Waals surface area contributed by atoms with Gasteiger partial charge >= 0.3 is 6.09 Å². The van der Waals surface area contributed by atoms with Crippen LogP contribution in [-0.4, -0.2) is 35.9 Å². The van der Waals surface area contributed by atoms with Gasteiger partial charge in [0.05, 0.1) is 5.39 Å². The molecule has 2 heterocycles. The third-order valence-electron chi connectivity index (χ3n) is 4.72. The summed E-state index contributed by atoms with van der Waals surface area (Å²) in [5.74, 6) is -1.65. The summed E-state index contributed by atoms with van der Waals surface area (Å²) in [4.78, 5) is 16.3. The predicted molar refractivity (Wildman–Crippen MR) is 130 cm³/mol. The summed E-state index contributed by atoms with van der Waals surface area (Å²) in [6.45, 7) is 12.8. The van der Waals surface area contributed by atoms with Crippen LogP contribution in [0.2, 0.25) is 25.7 Å². The highest BCUT2D eigenvalue weighted by Gasteiger charge is 2.21. The van der Waals surface area contributed by atoms with Crippen molar-refractivity contribution in [3.05, 3.63) is 48.3 Å². The Morgan fingerprint density at radius 3 is 2.44 bits per heavy atom. The molecule has 184 valence electrons. The molecule has 1 aromatic carbocycles. The van der Waals surface area contributed by atoms with E-state index in [1.807, 2.05) is 16.8 Å². The molecule has 0 atom stereocenters. The summed E-state index contributed by atoms with van der Waals surface area (Å²) >= 11 is 0. The maximum atomic E-state index is 14.6. The molecule has 0 spiro atoms. The number of aromatic nitrogens is 2. The maximum absolute atomic E-state index is 14.6. The first-order valence-electron chi connectivity index (χ1n) is 11.0. The number of carbonyl (C=O) groups excluding carboxylic acids is 1. The fourth-order valence-electron chi connectivity index (χ4n) is 3.06. The van der Waals surface area contributed by atoms with Crippen LogP contribution in [0.4, 0.5) is 19.3 Å². The van der Waals surface area contributed by atoms with E-state index in [0.29, 0.717) is 30.1 Å². The van der Waals surface area contributed by atoms with Crippen LogP contribution in [0.5, 0.6) is 11.5 Å². The van der Waals surface area contributed by atoms with Crippen molar-refractivity contribution in [2.45, 2.75) is 58.8 Å². The average molecular weight is 492 g/mol. The van der Waals surface area contributed by atoms with E-state index in [1.165, 1.54) is 0 Å². The van der Waals surface area contributed by atoms with E-state index in [-0.39, 0.29) is 5.75 Å². The largest absolute Gasteiger partial charge is 0.456 e. The lowest BCUT2D eigenvalue weighted by Crippen LogP contribution is -2.27. The van der Waals surface area contributed by atoms with Crippen LogP contribution in [-0.2, 0) is 16.2 Å². The van der Waals surface area contributed by atoms with E-state index >= 15 is 0 Å². The van der Waals surface area contributed by atoms with Crippen LogP contribution < -0.4 is 10.1 Å². The monoisotopic (exact) mass is 491 g/mol. The van der Waals surface area contributed by atoms with E-state index in [0.717, 1.165) is 18.2 Å². The highest BCUT2D eigenvalue weighted by molar-refractivity contribution is 6.76. The van der Waals surface area contributed by atoms with Gasteiger partial charge in [-0.3, -0.25) is 5.32 Å². The molecule has 0 saturated carbocycles. The molecule has 0 saturated heterocycles. The number of hydrogen-bond donors (Lipinski definition) is 1. The number of halogens is 2. The number of pyridine rings is 1. The van der Waals surface area contributed by atoms with E-state index < -0.39 is 37.1 Å². The first-order chi connectivity index (χ1) is 15.8. The smallest absolute Gasteiger partial charge is 0.412 e. The summed E-state index contributed by atoms with van der Waals surface area (Å²) in [7, 11) is -1.18. The standard InChI is InChI=1S/C24H31F2N3O4Si/c1-24(2,3)33-23(30)28-21-18(25)13-16(14-19(21)26)32-20-7-9-27-22-17(20)8-10-29(22)15-31-11-12-34(4,5)6/h7-10,13-14H,11-12,15H2,1-6H3,(H,28,30). The summed E-state index contributed by atoms with van der Waals surface area (Å²) < 4.78 is 47.6. The van der Waals surface area contributed by atoms with Crippen LogP contribution in [0, 0.1) is 11.6 Å². The molecule has 0 unspecified atom stereocenters. The molecule has 7 nitrogen and oxygen atoms in total. The number of hydrogen-bond acceptors (Lipinski definition) is 5. The second-order valence-electron chi connectivity index (χ2n) is 10.2. The van der Waals surface area contributed by atoms with Crippen LogP contribution in [0.3, 0.4) is 0 Å². The van der Waals surface area contributed by atoms with Crippen molar-refractivity contribution >= 4 is 30.9 Å². The zero-order valence-corrected chi connectivity index (χ0v) is 21.4. The average Bonchev–Trinajstić information content (AvgIpc) is 3.10. The number of benzene rings is 1. The molecule has 1 N–H and O–H groups in total. The zero-order chi connectivity index (χ0) is 25.1. The molecular weight excluding hydrogens is 460 g/mol. The Labute approximate surface area is 199 Å². The molecule has 0 aliphatic heterocycles. The topological polar surface area (TPSA) is 74.6 Å².